The van der Waals surface area contributed by atoms with Crippen molar-refractivity contribution in [2.45, 2.75) is 52.6 Å². The molecule has 0 aliphatic carbocycles. The third-order valence-corrected chi connectivity index (χ3v) is 4.31. The summed E-state index contributed by atoms with van der Waals surface area (Å²) < 4.78 is 3.06. The van der Waals surface area contributed by atoms with Crippen LogP contribution in [0, 0.1) is 5.92 Å². The highest BCUT2D eigenvalue weighted by molar-refractivity contribution is 9.10. The predicted octanol–water partition coefficient (Wildman–Crippen LogP) is 3.92. The highest BCUT2D eigenvalue weighted by Gasteiger charge is 2.32. The van der Waals surface area contributed by atoms with E-state index >= 15 is 0 Å². The topological polar surface area (TPSA) is 25.2 Å². The molecule has 2 heterocycles. The average Bonchev–Trinajstić information content (AvgIpc) is 2.95. The number of carbonyl (C=O) groups is 1. The molecule has 106 valence electrons. The van der Waals surface area contributed by atoms with Crippen molar-refractivity contribution in [1.82, 2.24) is 9.47 Å². The van der Waals surface area contributed by atoms with Gasteiger partial charge in [-0.15, -0.1) is 0 Å². The van der Waals surface area contributed by atoms with Crippen LogP contribution in [0.25, 0.3) is 0 Å². The molecule has 1 amide bonds. The minimum Gasteiger partial charge on any atom is -0.342 e. The molecule has 3 nitrogen and oxygen atoms in total. The Bertz CT molecular complexity index is 453. The zero-order chi connectivity index (χ0) is 14.0. The Hall–Kier alpha value is -0.770. The minimum atomic E-state index is 0.190. The molecule has 0 radical (unpaired) electrons. The van der Waals surface area contributed by atoms with Crippen LogP contribution in [0.1, 0.15) is 50.5 Å². The summed E-state index contributed by atoms with van der Waals surface area (Å²) in [5, 5.41) is 0. The van der Waals surface area contributed by atoms with Crippen molar-refractivity contribution in [2.24, 2.45) is 5.92 Å². The molecule has 1 saturated heterocycles. The van der Waals surface area contributed by atoms with Gasteiger partial charge in [-0.3, -0.25) is 4.79 Å². The van der Waals surface area contributed by atoms with Gasteiger partial charge in [0.25, 0.3) is 5.91 Å². The van der Waals surface area contributed by atoms with E-state index in [-0.39, 0.29) is 5.91 Å². The van der Waals surface area contributed by atoms with E-state index in [9.17, 15) is 4.79 Å². The molecule has 1 fully saturated rings. The third-order valence-electron chi connectivity index (χ3n) is 3.88. The number of amides is 1. The summed E-state index contributed by atoms with van der Waals surface area (Å²) in [6, 6.07) is 2.35. The Balaban J connectivity index is 2.23. The van der Waals surface area contributed by atoms with Gasteiger partial charge in [0.15, 0.2) is 0 Å². The van der Waals surface area contributed by atoms with Crippen LogP contribution in [0.2, 0.25) is 0 Å². The SMILES string of the molecule is CCCn1cc(Br)cc1C(=O)N1CCCC1C(C)C. The van der Waals surface area contributed by atoms with E-state index in [1.807, 2.05) is 12.3 Å². The van der Waals surface area contributed by atoms with Crippen LogP contribution in [-0.4, -0.2) is 28.0 Å². The standard InChI is InChI=1S/C15H23BrN2O/c1-4-7-17-10-12(16)9-14(17)15(19)18-8-5-6-13(18)11(2)3/h9-11,13H,4-8H2,1-3H3. The number of aryl methyl sites for hydroxylation is 1. The van der Waals surface area contributed by atoms with E-state index in [0.29, 0.717) is 12.0 Å². The molecule has 1 aliphatic heterocycles. The van der Waals surface area contributed by atoms with Crippen LogP contribution >= 0.6 is 15.9 Å². The van der Waals surface area contributed by atoms with Gasteiger partial charge in [-0.25, -0.2) is 0 Å². The maximum atomic E-state index is 12.8. The number of halogens is 1. The summed E-state index contributed by atoms with van der Waals surface area (Å²) in [5.41, 5.74) is 0.821. The molecular weight excluding hydrogens is 304 g/mol. The number of aromatic nitrogens is 1. The van der Waals surface area contributed by atoms with Crippen LogP contribution in [0.4, 0.5) is 0 Å². The minimum absolute atomic E-state index is 0.190. The van der Waals surface area contributed by atoms with Crippen molar-refractivity contribution in [3.05, 3.63) is 22.4 Å². The number of likely N-dealkylation sites (tertiary alicyclic amines) is 1. The van der Waals surface area contributed by atoms with Gasteiger partial charge in [-0.2, -0.15) is 0 Å². The van der Waals surface area contributed by atoms with E-state index in [4.69, 9.17) is 0 Å². The van der Waals surface area contributed by atoms with Crippen LogP contribution in [0.5, 0.6) is 0 Å². The Kier molecular flexibility index (Phi) is 4.71. The maximum absolute atomic E-state index is 12.8. The molecule has 19 heavy (non-hydrogen) atoms. The smallest absolute Gasteiger partial charge is 0.270 e. The molecule has 1 atom stereocenters. The highest BCUT2D eigenvalue weighted by Crippen LogP contribution is 2.27. The van der Waals surface area contributed by atoms with E-state index in [1.165, 1.54) is 0 Å². The molecule has 1 aromatic heterocycles. The van der Waals surface area contributed by atoms with E-state index in [2.05, 4.69) is 46.2 Å². The lowest BCUT2D eigenvalue weighted by atomic mass is 10.0. The molecule has 0 N–H and O–H groups in total. The van der Waals surface area contributed by atoms with Gasteiger partial charge in [-0.1, -0.05) is 20.8 Å². The number of hydrogen-bond donors (Lipinski definition) is 0. The van der Waals surface area contributed by atoms with Gasteiger partial charge >= 0.3 is 0 Å². The zero-order valence-corrected chi connectivity index (χ0v) is 13.6. The zero-order valence-electron chi connectivity index (χ0n) is 12.0. The highest BCUT2D eigenvalue weighted by atomic mass is 79.9. The summed E-state index contributed by atoms with van der Waals surface area (Å²) in [4.78, 5) is 14.8. The molecule has 1 aliphatic rings. The fourth-order valence-electron chi connectivity index (χ4n) is 2.96. The molecule has 2 rings (SSSR count). The Morgan fingerprint density at radius 3 is 2.89 bits per heavy atom. The van der Waals surface area contributed by atoms with E-state index < -0.39 is 0 Å². The number of carbonyl (C=O) groups excluding carboxylic acids is 1. The Morgan fingerprint density at radius 1 is 1.53 bits per heavy atom. The summed E-state index contributed by atoms with van der Waals surface area (Å²) >= 11 is 3.48. The van der Waals surface area contributed by atoms with Crippen molar-refractivity contribution < 1.29 is 4.79 Å². The Morgan fingerprint density at radius 2 is 2.26 bits per heavy atom. The van der Waals surface area contributed by atoms with Crippen LogP contribution in [0.15, 0.2) is 16.7 Å². The summed E-state index contributed by atoms with van der Waals surface area (Å²) in [5.74, 6) is 0.722. The fourth-order valence-corrected chi connectivity index (χ4v) is 3.43. The van der Waals surface area contributed by atoms with Crippen molar-refractivity contribution in [3.8, 4) is 0 Å². The van der Waals surface area contributed by atoms with E-state index in [1.54, 1.807) is 0 Å². The second-order valence-corrected chi connectivity index (χ2v) is 6.60. The third kappa shape index (κ3) is 3.04. The van der Waals surface area contributed by atoms with Crippen molar-refractivity contribution in [2.75, 3.05) is 6.54 Å². The van der Waals surface area contributed by atoms with Crippen molar-refractivity contribution in [1.29, 1.82) is 0 Å². The van der Waals surface area contributed by atoms with Crippen molar-refractivity contribution >= 4 is 21.8 Å². The average molecular weight is 327 g/mol. The summed E-state index contributed by atoms with van der Waals surface area (Å²) in [6.45, 7) is 8.34. The fraction of sp³-hybridized carbons (Fsp3) is 0.667. The van der Waals surface area contributed by atoms with Gasteiger partial charge in [0.2, 0.25) is 0 Å². The monoisotopic (exact) mass is 326 g/mol. The molecule has 1 aromatic rings. The lowest BCUT2D eigenvalue weighted by Gasteiger charge is -2.28. The largest absolute Gasteiger partial charge is 0.342 e. The molecule has 1 unspecified atom stereocenters. The van der Waals surface area contributed by atoms with Gasteiger partial charge in [0.1, 0.15) is 5.69 Å². The molecule has 0 aromatic carbocycles. The molecule has 0 spiro atoms. The summed E-state index contributed by atoms with van der Waals surface area (Å²) in [6.07, 6.45) is 5.31. The maximum Gasteiger partial charge on any atom is 0.270 e. The number of rotatable bonds is 4. The first-order valence-corrected chi connectivity index (χ1v) is 8.00. The second kappa shape index (κ2) is 6.12. The van der Waals surface area contributed by atoms with Crippen LogP contribution in [-0.2, 0) is 6.54 Å². The lowest BCUT2D eigenvalue weighted by molar-refractivity contribution is 0.0690. The summed E-state index contributed by atoms with van der Waals surface area (Å²) in [7, 11) is 0. The van der Waals surface area contributed by atoms with Crippen molar-refractivity contribution in [3.63, 3.8) is 0 Å². The first-order valence-electron chi connectivity index (χ1n) is 7.21. The predicted molar refractivity (Wildman–Crippen MR) is 81.3 cm³/mol. The quantitative estimate of drug-likeness (QED) is 0.823. The van der Waals surface area contributed by atoms with Gasteiger partial charge in [0, 0.05) is 29.8 Å². The molecular formula is C15H23BrN2O. The van der Waals surface area contributed by atoms with Gasteiger partial charge in [0.05, 0.1) is 0 Å². The Labute approximate surface area is 124 Å². The van der Waals surface area contributed by atoms with Crippen LogP contribution < -0.4 is 0 Å². The lowest BCUT2D eigenvalue weighted by Crippen LogP contribution is -2.39. The second-order valence-electron chi connectivity index (χ2n) is 5.69. The molecule has 0 saturated carbocycles. The van der Waals surface area contributed by atoms with Gasteiger partial charge in [-0.05, 0) is 47.2 Å². The number of nitrogens with zero attached hydrogens (tertiary/aromatic N) is 2. The van der Waals surface area contributed by atoms with E-state index in [0.717, 1.165) is 42.5 Å². The van der Waals surface area contributed by atoms with Crippen LogP contribution in [0.3, 0.4) is 0 Å². The normalized spacial score (nSPS) is 19.4. The first kappa shape index (κ1) is 14.6. The number of hydrogen-bond acceptors (Lipinski definition) is 1. The van der Waals surface area contributed by atoms with Gasteiger partial charge < -0.3 is 9.47 Å². The molecule has 4 heteroatoms. The molecule has 0 bridgehead atoms. The first-order chi connectivity index (χ1) is 9.04.